The molecule has 1 unspecified atom stereocenters. The average molecular weight is 362 g/mol. The topological polar surface area (TPSA) is 57.8 Å². The Hall–Kier alpha value is -1.83. The number of aromatic amines is 1. The fourth-order valence-electron chi connectivity index (χ4n) is 1.80. The molecular weight excluding hydrogens is 351 g/mol. The summed E-state index contributed by atoms with van der Waals surface area (Å²) in [5.41, 5.74) is -0.719. The number of rotatable bonds is 3. The molecule has 0 aliphatic rings. The van der Waals surface area contributed by atoms with Crippen molar-refractivity contribution in [2.24, 2.45) is 0 Å². The molecule has 8 heteroatoms. The van der Waals surface area contributed by atoms with Crippen molar-refractivity contribution in [2.45, 2.75) is 19.1 Å². The first-order chi connectivity index (χ1) is 9.79. The van der Waals surface area contributed by atoms with Gasteiger partial charge in [0.25, 0.3) is 5.91 Å². The third-order valence-electron chi connectivity index (χ3n) is 2.90. The first-order valence-electron chi connectivity index (χ1n) is 5.95. The van der Waals surface area contributed by atoms with Gasteiger partial charge >= 0.3 is 6.18 Å². The second-order valence-electron chi connectivity index (χ2n) is 4.41. The number of carbonyl (C=O) groups excluding carboxylic acids is 1. The number of hydrogen-bond acceptors (Lipinski definition) is 2. The van der Waals surface area contributed by atoms with Crippen molar-refractivity contribution in [1.29, 1.82) is 0 Å². The minimum atomic E-state index is -4.60. The van der Waals surface area contributed by atoms with Crippen LogP contribution in [0.5, 0.6) is 0 Å². The second kappa shape index (κ2) is 5.88. The van der Waals surface area contributed by atoms with Gasteiger partial charge in [0.15, 0.2) is 0 Å². The van der Waals surface area contributed by atoms with E-state index < -0.39 is 29.3 Å². The van der Waals surface area contributed by atoms with E-state index in [4.69, 9.17) is 0 Å². The molecule has 2 N–H and O–H groups in total. The van der Waals surface area contributed by atoms with Crippen molar-refractivity contribution in [2.75, 3.05) is 0 Å². The van der Waals surface area contributed by atoms with Gasteiger partial charge in [-0.25, -0.2) is 0 Å². The Morgan fingerprint density at radius 3 is 2.71 bits per heavy atom. The molecule has 2 aromatic rings. The van der Waals surface area contributed by atoms with Crippen LogP contribution in [0.1, 0.15) is 34.5 Å². The van der Waals surface area contributed by atoms with Gasteiger partial charge in [0.1, 0.15) is 0 Å². The number of alkyl halides is 3. The van der Waals surface area contributed by atoms with Crippen molar-refractivity contribution in [3.8, 4) is 0 Å². The molecule has 1 heterocycles. The number of carbonyl (C=O) groups is 1. The van der Waals surface area contributed by atoms with Crippen LogP contribution in [0.15, 0.2) is 35.1 Å². The van der Waals surface area contributed by atoms with Gasteiger partial charge in [-0.1, -0.05) is 15.9 Å². The lowest BCUT2D eigenvalue weighted by Crippen LogP contribution is -2.28. The number of nitrogens with one attached hydrogen (secondary N) is 2. The lowest BCUT2D eigenvalue weighted by molar-refractivity contribution is -0.138. The van der Waals surface area contributed by atoms with E-state index in [2.05, 4.69) is 31.4 Å². The largest absolute Gasteiger partial charge is 0.417 e. The normalized spacial score (nSPS) is 13.0. The van der Waals surface area contributed by atoms with Crippen molar-refractivity contribution in [3.05, 3.63) is 51.8 Å². The summed E-state index contributed by atoms with van der Waals surface area (Å²) in [6.07, 6.45) is -1.54. The zero-order chi connectivity index (χ0) is 15.6. The van der Waals surface area contributed by atoms with Crippen LogP contribution in [0.3, 0.4) is 0 Å². The number of benzene rings is 1. The molecule has 0 aliphatic heterocycles. The molecule has 1 aromatic carbocycles. The lowest BCUT2D eigenvalue weighted by Gasteiger charge is -2.16. The van der Waals surface area contributed by atoms with Crippen LogP contribution in [-0.4, -0.2) is 16.1 Å². The maximum Gasteiger partial charge on any atom is 0.417 e. The highest BCUT2D eigenvalue weighted by Crippen LogP contribution is 2.34. The summed E-state index contributed by atoms with van der Waals surface area (Å²) >= 11 is 2.98. The summed E-state index contributed by atoms with van der Waals surface area (Å²) in [5.74, 6) is -0.788. The summed E-state index contributed by atoms with van der Waals surface area (Å²) in [7, 11) is 0. The molecule has 4 nitrogen and oxygen atoms in total. The van der Waals surface area contributed by atoms with E-state index >= 15 is 0 Å². The van der Waals surface area contributed by atoms with Gasteiger partial charge in [-0.3, -0.25) is 9.89 Å². The second-order valence-corrected chi connectivity index (χ2v) is 5.33. The zero-order valence-corrected chi connectivity index (χ0v) is 12.4. The molecule has 21 heavy (non-hydrogen) atoms. The molecule has 0 saturated carbocycles. The number of nitrogens with zero attached hydrogens (tertiary/aromatic N) is 1. The molecule has 0 bridgehead atoms. The van der Waals surface area contributed by atoms with Crippen molar-refractivity contribution < 1.29 is 18.0 Å². The van der Waals surface area contributed by atoms with Gasteiger partial charge in [-0.05, 0) is 25.1 Å². The number of amides is 1. The van der Waals surface area contributed by atoms with E-state index in [1.807, 2.05) is 0 Å². The standard InChI is InChI=1S/C13H11BrF3N3O/c1-7(8-5-18-19-6-8)20-12(21)10-3-2-9(14)4-11(10)13(15,16)17/h2-7H,1H3,(H,18,19)(H,20,21). The number of hydrogen-bond donors (Lipinski definition) is 2. The fourth-order valence-corrected chi connectivity index (χ4v) is 2.17. The fraction of sp³-hybridized carbons (Fsp3) is 0.231. The summed E-state index contributed by atoms with van der Waals surface area (Å²) in [4.78, 5) is 12.1. The summed E-state index contributed by atoms with van der Waals surface area (Å²) in [5, 5.41) is 8.82. The Morgan fingerprint density at radius 2 is 2.14 bits per heavy atom. The molecule has 0 spiro atoms. The van der Waals surface area contributed by atoms with Crippen LogP contribution in [0.2, 0.25) is 0 Å². The predicted octanol–water partition coefficient (Wildman–Crippen LogP) is 3.68. The lowest BCUT2D eigenvalue weighted by atomic mass is 10.1. The Bertz CT molecular complexity index is 641. The van der Waals surface area contributed by atoms with Crippen LogP contribution < -0.4 is 5.32 Å². The van der Waals surface area contributed by atoms with E-state index in [-0.39, 0.29) is 4.47 Å². The molecule has 0 radical (unpaired) electrons. The highest BCUT2D eigenvalue weighted by Gasteiger charge is 2.35. The Labute approximate surface area is 126 Å². The van der Waals surface area contributed by atoms with Gasteiger partial charge in [0.2, 0.25) is 0 Å². The minimum Gasteiger partial charge on any atom is -0.345 e. The molecule has 0 aliphatic carbocycles. The van der Waals surface area contributed by atoms with Crippen LogP contribution >= 0.6 is 15.9 Å². The zero-order valence-electron chi connectivity index (χ0n) is 10.8. The van der Waals surface area contributed by atoms with Gasteiger partial charge in [0, 0.05) is 16.2 Å². The Morgan fingerprint density at radius 1 is 1.43 bits per heavy atom. The predicted molar refractivity (Wildman–Crippen MR) is 73.6 cm³/mol. The maximum absolute atomic E-state index is 13.0. The van der Waals surface area contributed by atoms with E-state index in [0.717, 1.165) is 12.1 Å². The van der Waals surface area contributed by atoms with Crippen molar-refractivity contribution in [3.63, 3.8) is 0 Å². The monoisotopic (exact) mass is 361 g/mol. The van der Waals surface area contributed by atoms with Crippen molar-refractivity contribution in [1.82, 2.24) is 15.5 Å². The van der Waals surface area contributed by atoms with Gasteiger partial charge in [-0.2, -0.15) is 18.3 Å². The van der Waals surface area contributed by atoms with E-state index in [9.17, 15) is 18.0 Å². The first-order valence-corrected chi connectivity index (χ1v) is 6.74. The third kappa shape index (κ3) is 3.63. The van der Waals surface area contributed by atoms with E-state index in [1.165, 1.54) is 12.3 Å². The maximum atomic E-state index is 13.0. The van der Waals surface area contributed by atoms with Crippen molar-refractivity contribution >= 4 is 21.8 Å². The highest BCUT2D eigenvalue weighted by atomic mass is 79.9. The smallest absolute Gasteiger partial charge is 0.345 e. The van der Waals surface area contributed by atoms with Gasteiger partial charge in [-0.15, -0.1) is 0 Å². The van der Waals surface area contributed by atoms with Gasteiger partial charge < -0.3 is 5.32 Å². The van der Waals surface area contributed by atoms with Crippen LogP contribution in [0.4, 0.5) is 13.2 Å². The number of H-pyrrole nitrogens is 1. The quantitative estimate of drug-likeness (QED) is 0.875. The van der Waals surface area contributed by atoms with Gasteiger partial charge in [0.05, 0.1) is 23.4 Å². The summed E-state index contributed by atoms with van der Waals surface area (Å²) in [6, 6.07) is 2.97. The molecule has 112 valence electrons. The third-order valence-corrected chi connectivity index (χ3v) is 3.39. The Kier molecular flexibility index (Phi) is 4.36. The molecule has 2 rings (SSSR count). The average Bonchev–Trinajstić information content (AvgIpc) is 2.91. The van der Waals surface area contributed by atoms with E-state index in [0.29, 0.717) is 5.56 Å². The molecule has 1 aromatic heterocycles. The van der Waals surface area contributed by atoms with Crippen LogP contribution in [-0.2, 0) is 6.18 Å². The summed E-state index contributed by atoms with van der Waals surface area (Å²) < 4.78 is 39.2. The van der Waals surface area contributed by atoms with Crippen LogP contribution in [0.25, 0.3) is 0 Å². The SMILES string of the molecule is CC(NC(=O)c1ccc(Br)cc1C(F)(F)F)c1cn[nH]c1. The minimum absolute atomic E-state index is 0.259. The Balaban J connectivity index is 2.27. The number of halogens is 4. The molecule has 0 fully saturated rings. The molecule has 0 saturated heterocycles. The molecule has 1 atom stereocenters. The van der Waals surface area contributed by atoms with Crippen LogP contribution in [0, 0.1) is 0 Å². The molecular formula is C13H11BrF3N3O. The first kappa shape index (κ1) is 15.6. The molecule has 1 amide bonds. The van der Waals surface area contributed by atoms with E-state index in [1.54, 1.807) is 13.1 Å². The highest BCUT2D eigenvalue weighted by molar-refractivity contribution is 9.10. The summed E-state index contributed by atoms with van der Waals surface area (Å²) in [6.45, 7) is 1.66. The number of aromatic nitrogens is 2.